The first-order valence-electron chi connectivity index (χ1n) is 10.0. The van der Waals surface area contributed by atoms with Gasteiger partial charge < -0.3 is 9.47 Å². The van der Waals surface area contributed by atoms with Crippen molar-refractivity contribution in [2.45, 2.75) is 38.5 Å². The van der Waals surface area contributed by atoms with Gasteiger partial charge in [-0.2, -0.15) is 0 Å². The lowest BCUT2D eigenvalue weighted by Crippen LogP contribution is -2.40. The van der Waals surface area contributed by atoms with Crippen LogP contribution in [0.15, 0.2) is 47.7 Å². The van der Waals surface area contributed by atoms with Crippen molar-refractivity contribution in [3.8, 4) is 11.5 Å². The van der Waals surface area contributed by atoms with E-state index in [4.69, 9.17) is 21.1 Å². The van der Waals surface area contributed by atoms with E-state index in [0.29, 0.717) is 40.6 Å². The number of carbonyl (C=O) groups excluding carboxylic acids is 2. The number of methoxy groups -OCH3 is 2. The maximum absolute atomic E-state index is 13.3. The third kappa shape index (κ3) is 3.47. The molecule has 30 heavy (non-hydrogen) atoms. The molecule has 1 amide bonds. The van der Waals surface area contributed by atoms with Crippen molar-refractivity contribution >= 4 is 29.0 Å². The molecule has 0 saturated carbocycles. The molecule has 0 spiro atoms. The molecule has 0 fully saturated rings. The number of hydrogen-bond acceptors (Lipinski definition) is 4. The number of benzene rings is 2. The van der Waals surface area contributed by atoms with Crippen LogP contribution in [0.2, 0.25) is 5.02 Å². The van der Waals surface area contributed by atoms with E-state index in [2.05, 4.69) is 0 Å². The van der Waals surface area contributed by atoms with Gasteiger partial charge in [-0.15, -0.1) is 0 Å². The van der Waals surface area contributed by atoms with Crippen LogP contribution in [0.5, 0.6) is 11.5 Å². The Morgan fingerprint density at radius 3 is 2.53 bits per heavy atom. The van der Waals surface area contributed by atoms with Crippen LogP contribution in [0, 0.1) is 6.92 Å². The Morgan fingerprint density at radius 2 is 1.83 bits per heavy atom. The van der Waals surface area contributed by atoms with Crippen LogP contribution in [0.4, 0.5) is 5.69 Å². The molecule has 0 radical (unpaired) electrons. The molecule has 2 aromatic rings. The van der Waals surface area contributed by atoms with Crippen molar-refractivity contribution in [1.82, 2.24) is 0 Å². The topological polar surface area (TPSA) is 55.8 Å². The lowest BCUT2D eigenvalue weighted by atomic mass is 9.76. The molecule has 0 aromatic heterocycles. The number of anilines is 1. The first-order chi connectivity index (χ1) is 14.4. The highest BCUT2D eigenvalue weighted by Gasteiger charge is 2.40. The number of hydrogen-bond donors (Lipinski definition) is 0. The van der Waals surface area contributed by atoms with Gasteiger partial charge in [0.1, 0.15) is 11.5 Å². The number of amides is 1. The molecule has 5 nitrogen and oxygen atoms in total. The van der Waals surface area contributed by atoms with E-state index in [-0.39, 0.29) is 24.0 Å². The Bertz CT molecular complexity index is 1060. The van der Waals surface area contributed by atoms with E-state index in [0.717, 1.165) is 23.2 Å². The summed E-state index contributed by atoms with van der Waals surface area (Å²) in [4.78, 5) is 28.1. The molecule has 0 saturated heterocycles. The van der Waals surface area contributed by atoms with Crippen molar-refractivity contribution in [3.05, 3.63) is 63.8 Å². The summed E-state index contributed by atoms with van der Waals surface area (Å²) in [5.74, 6) is 0.987. The van der Waals surface area contributed by atoms with Crippen molar-refractivity contribution in [1.29, 1.82) is 0 Å². The predicted octanol–water partition coefficient (Wildman–Crippen LogP) is 5.19. The molecule has 4 rings (SSSR count). The number of nitrogens with zero attached hydrogens (tertiary/aromatic N) is 1. The van der Waals surface area contributed by atoms with E-state index in [9.17, 15) is 9.59 Å². The van der Waals surface area contributed by atoms with Crippen molar-refractivity contribution in [2.24, 2.45) is 0 Å². The lowest BCUT2D eigenvalue weighted by molar-refractivity contribution is -0.119. The number of Topliss-reactive ketones (excluding diaryl/α,β-unsaturated/α-hetero) is 1. The van der Waals surface area contributed by atoms with Gasteiger partial charge in [0.15, 0.2) is 5.78 Å². The molecule has 2 aliphatic rings. The van der Waals surface area contributed by atoms with Crippen LogP contribution in [0.25, 0.3) is 0 Å². The molecule has 1 aliphatic heterocycles. The van der Waals surface area contributed by atoms with Crippen LogP contribution in [-0.4, -0.2) is 25.9 Å². The molecule has 0 N–H and O–H groups in total. The van der Waals surface area contributed by atoms with E-state index in [1.54, 1.807) is 31.3 Å². The highest BCUT2D eigenvalue weighted by molar-refractivity contribution is 6.31. The number of allylic oxidation sites excluding steroid dienone is 2. The smallest absolute Gasteiger partial charge is 0.232 e. The quantitative estimate of drug-likeness (QED) is 0.676. The highest BCUT2D eigenvalue weighted by atomic mass is 35.5. The summed E-state index contributed by atoms with van der Waals surface area (Å²) < 4.78 is 10.9. The molecule has 0 bridgehead atoms. The molecule has 1 atom stereocenters. The fourth-order valence-electron chi connectivity index (χ4n) is 4.39. The summed E-state index contributed by atoms with van der Waals surface area (Å²) in [6.45, 7) is 1.92. The Balaban J connectivity index is 1.87. The monoisotopic (exact) mass is 425 g/mol. The first-order valence-corrected chi connectivity index (χ1v) is 10.4. The van der Waals surface area contributed by atoms with E-state index < -0.39 is 0 Å². The summed E-state index contributed by atoms with van der Waals surface area (Å²) in [6, 6.07) is 11.1. The maximum atomic E-state index is 13.3. The largest absolute Gasteiger partial charge is 0.497 e. The molecule has 2 aromatic carbocycles. The van der Waals surface area contributed by atoms with Crippen molar-refractivity contribution in [3.63, 3.8) is 0 Å². The second-order valence-electron chi connectivity index (χ2n) is 7.66. The average Bonchev–Trinajstić information content (AvgIpc) is 2.75. The van der Waals surface area contributed by atoms with Crippen molar-refractivity contribution in [2.75, 3.05) is 19.1 Å². The average molecular weight is 426 g/mol. The summed E-state index contributed by atoms with van der Waals surface area (Å²) >= 11 is 6.33. The highest BCUT2D eigenvalue weighted by Crippen LogP contribution is 2.46. The van der Waals surface area contributed by atoms with Gasteiger partial charge in [-0.25, -0.2) is 0 Å². The number of ether oxygens (including phenoxy) is 2. The van der Waals surface area contributed by atoms with Gasteiger partial charge in [-0.1, -0.05) is 23.7 Å². The minimum atomic E-state index is -0.335. The normalized spacial score (nSPS) is 19.1. The molecule has 1 unspecified atom stereocenters. The van der Waals surface area contributed by atoms with Gasteiger partial charge in [0.05, 0.1) is 19.9 Å². The first kappa shape index (κ1) is 20.5. The van der Waals surface area contributed by atoms with Gasteiger partial charge in [0.25, 0.3) is 0 Å². The second-order valence-corrected chi connectivity index (χ2v) is 8.07. The summed E-state index contributed by atoms with van der Waals surface area (Å²) in [6.07, 6.45) is 2.09. The number of carbonyl (C=O) groups is 2. The second kappa shape index (κ2) is 8.15. The Morgan fingerprint density at radius 1 is 1.03 bits per heavy atom. The fraction of sp³-hybridized carbons (Fsp3) is 0.333. The van der Waals surface area contributed by atoms with Crippen LogP contribution in [0.1, 0.15) is 42.7 Å². The van der Waals surface area contributed by atoms with Gasteiger partial charge in [0, 0.05) is 46.7 Å². The van der Waals surface area contributed by atoms with Gasteiger partial charge >= 0.3 is 0 Å². The number of rotatable bonds is 4. The molecule has 1 aliphatic carbocycles. The zero-order valence-electron chi connectivity index (χ0n) is 17.3. The van der Waals surface area contributed by atoms with Crippen molar-refractivity contribution < 1.29 is 19.1 Å². The molecule has 1 heterocycles. The van der Waals surface area contributed by atoms with Crippen LogP contribution in [-0.2, 0) is 9.59 Å². The van der Waals surface area contributed by atoms with Crippen LogP contribution in [0.3, 0.4) is 0 Å². The summed E-state index contributed by atoms with van der Waals surface area (Å²) in [5, 5.41) is 0.600. The Labute approximate surface area is 181 Å². The minimum absolute atomic E-state index is 0.0498. The summed E-state index contributed by atoms with van der Waals surface area (Å²) in [5.41, 5.74) is 3.97. The number of halogens is 1. The summed E-state index contributed by atoms with van der Waals surface area (Å²) in [7, 11) is 3.18. The van der Waals surface area contributed by atoms with E-state index in [1.165, 1.54) is 0 Å². The van der Waals surface area contributed by atoms with E-state index in [1.807, 2.05) is 31.2 Å². The fourth-order valence-corrected chi connectivity index (χ4v) is 4.56. The SMILES string of the molecule is COc1ccc(C2CC(=O)N(c3ccc(C)c(Cl)c3)C3=C2C(=O)CCC3)c(OC)c1. The maximum Gasteiger partial charge on any atom is 0.232 e. The molecular formula is C24H24ClNO4. The Kier molecular flexibility index (Phi) is 5.56. The number of ketones is 1. The zero-order valence-corrected chi connectivity index (χ0v) is 18.1. The third-order valence-electron chi connectivity index (χ3n) is 5.90. The standard InChI is InChI=1S/C24H24ClNO4/c1-14-7-8-15(11-19(14)25)26-20-5-4-6-21(27)24(20)18(13-23(26)28)17-10-9-16(29-2)12-22(17)30-3/h7-12,18H,4-6,13H2,1-3H3. The van der Waals surface area contributed by atoms with E-state index >= 15 is 0 Å². The van der Waals surface area contributed by atoms with Crippen LogP contribution >= 0.6 is 11.6 Å². The van der Waals surface area contributed by atoms with Gasteiger partial charge in [-0.05, 0) is 43.5 Å². The molecule has 156 valence electrons. The van der Waals surface area contributed by atoms with Crippen LogP contribution < -0.4 is 14.4 Å². The Hall–Kier alpha value is -2.79. The molecular weight excluding hydrogens is 402 g/mol. The third-order valence-corrected chi connectivity index (χ3v) is 6.31. The molecule has 6 heteroatoms. The number of aryl methyl sites for hydroxylation is 1. The van der Waals surface area contributed by atoms with Gasteiger partial charge in [-0.3, -0.25) is 14.5 Å². The van der Waals surface area contributed by atoms with Gasteiger partial charge in [0.2, 0.25) is 5.91 Å². The minimum Gasteiger partial charge on any atom is -0.497 e. The predicted molar refractivity (Wildman–Crippen MR) is 116 cm³/mol. The lowest BCUT2D eigenvalue weighted by Gasteiger charge is -2.38. The zero-order chi connectivity index (χ0) is 21.4.